The van der Waals surface area contributed by atoms with E-state index in [0.717, 1.165) is 6.42 Å². The molecule has 0 atom stereocenters. The summed E-state index contributed by atoms with van der Waals surface area (Å²) in [6.07, 6.45) is 1.07. The van der Waals surface area contributed by atoms with Crippen molar-refractivity contribution in [3.8, 4) is 0 Å². The lowest BCUT2D eigenvalue weighted by atomic mass is 10.1. The summed E-state index contributed by atoms with van der Waals surface area (Å²) in [6, 6.07) is 0. The number of hydrogen-bond acceptors (Lipinski definition) is 2. The second-order valence-electron chi connectivity index (χ2n) is 4.81. The van der Waals surface area contributed by atoms with Crippen molar-refractivity contribution in [3.63, 3.8) is 0 Å². The normalized spacial score (nSPS) is 13.8. The van der Waals surface area contributed by atoms with Crippen LogP contribution in [0.25, 0.3) is 0 Å². The molecule has 0 aliphatic rings. The van der Waals surface area contributed by atoms with E-state index in [0.29, 0.717) is 5.92 Å². The molecule has 0 fully saturated rings. The van der Waals surface area contributed by atoms with Crippen molar-refractivity contribution in [2.45, 2.75) is 53.5 Å². The maximum absolute atomic E-state index is 4.30. The van der Waals surface area contributed by atoms with Crippen LogP contribution in [-0.4, -0.2) is 11.3 Å². The van der Waals surface area contributed by atoms with Crippen LogP contribution >= 0.6 is 0 Å². The average Bonchev–Trinajstić information content (AvgIpc) is 1.80. The Morgan fingerprint density at radius 3 is 2.17 bits per heavy atom. The molecular weight excluding hydrogens is 148 g/mol. The van der Waals surface area contributed by atoms with E-state index in [1.54, 1.807) is 0 Å². The van der Waals surface area contributed by atoms with E-state index in [2.05, 4.69) is 52.1 Å². The molecule has 0 rings (SSSR count). The van der Waals surface area contributed by atoms with Gasteiger partial charge in [0, 0.05) is 11.3 Å². The van der Waals surface area contributed by atoms with Gasteiger partial charge in [0.15, 0.2) is 0 Å². The van der Waals surface area contributed by atoms with Crippen molar-refractivity contribution in [3.05, 3.63) is 0 Å². The fourth-order valence-corrected chi connectivity index (χ4v) is 0.900. The summed E-state index contributed by atoms with van der Waals surface area (Å²) >= 11 is 0. The molecule has 0 aromatic rings. The zero-order chi connectivity index (χ0) is 9.78. The van der Waals surface area contributed by atoms with Gasteiger partial charge in [-0.3, -0.25) is 0 Å². The molecule has 2 nitrogen and oxygen atoms in total. The Hall–Kier alpha value is -0.530. The molecule has 0 aliphatic heterocycles. The summed E-state index contributed by atoms with van der Waals surface area (Å²) in [5, 5.41) is 4.30. The molecule has 0 saturated heterocycles. The van der Waals surface area contributed by atoms with Crippen LogP contribution in [0.2, 0.25) is 0 Å². The van der Waals surface area contributed by atoms with E-state index in [9.17, 15) is 0 Å². The third kappa shape index (κ3) is 7.58. The van der Waals surface area contributed by atoms with Gasteiger partial charge in [0.2, 0.25) is 0 Å². The fourth-order valence-electron chi connectivity index (χ4n) is 0.900. The topological polar surface area (TPSA) is 24.4 Å². The molecule has 2 heteroatoms. The summed E-state index contributed by atoms with van der Waals surface area (Å²) in [4.78, 5) is 0. The largest absolute Gasteiger partial charge is 0.305 e. The monoisotopic (exact) mass is 170 g/mol. The first-order valence-electron chi connectivity index (χ1n) is 4.61. The molecule has 0 spiro atoms. The summed E-state index contributed by atoms with van der Waals surface area (Å²) in [5.41, 5.74) is 4.38. The van der Waals surface area contributed by atoms with Crippen molar-refractivity contribution in [2.24, 2.45) is 11.0 Å². The molecule has 0 aliphatic carbocycles. The SMILES string of the molecule is C/C(CC(C)C)=N\NC(C)(C)C. The summed E-state index contributed by atoms with van der Waals surface area (Å²) < 4.78 is 0. The van der Waals surface area contributed by atoms with E-state index in [-0.39, 0.29) is 5.54 Å². The van der Waals surface area contributed by atoms with Crippen molar-refractivity contribution in [1.29, 1.82) is 0 Å². The molecule has 1 N–H and O–H groups in total. The van der Waals surface area contributed by atoms with Crippen molar-refractivity contribution in [1.82, 2.24) is 5.43 Å². The van der Waals surface area contributed by atoms with Crippen molar-refractivity contribution < 1.29 is 0 Å². The minimum absolute atomic E-state index is 0.0816. The highest BCUT2D eigenvalue weighted by atomic mass is 15.3. The Kier molecular flexibility index (Phi) is 4.29. The second-order valence-corrected chi connectivity index (χ2v) is 4.81. The van der Waals surface area contributed by atoms with Crippen LogP contribution < -0.4 is 5.43 Å². The lowest BCUT2D eigenvalue weighted by molar-refractivity contribution is 0.439. The Labute approximate surface area is 76.4 Å². The molecule has 0 aromatic carbocycles. The van der Waals surface area contributed by atoms with Crippen LogP contribution in [-0.2, 0) is 0 Å². The van der Waals surface area contributed by atoms with Gasteiger partial charge >= 0.3 is 0 Å². The van der Waals surface area contributed by atoms with E-state index in [1.807, 2.05) is 0 Å². The van der Waals surface area contributed by atoms with Crippen LogP contribution in [0.3, 0.4) is 0 Å². The molecule has 0 bridgehead atoms. The summed E-state index contributed by atoms with van der Waals surface area (Å²) in [5.74, 6) is 0.690. The van der Waals surface area contributed by atoms with Gasteiger partial charge in [-0.25, -0.2) is 0 Å². The third-order valence-electron chi connectivity index (χ3n) is 1.29. The number of nitrogens with one attached hydrogen (secondary N) is 1. The van der Waals surface area contributed by atoms with Gasteiger partial charge in [-0.1, -0.05) is 13.8 Å². The number of rotatable bonds is 3. The van der Waals surface area contributed by atoms with Crippen LogP contribution in [0.4, 0.5) is 0 Å². The highest BCUT2D eigenvalue weighted by Gasteiger charge is 2.06. The molecular formula is C10H22N2. The highest BCUT2D eigenvalue weighted by molar-refractivity contribution is 5.81. The van der Waals surface area contributed by atoms with Gasteiger partial charge in [0.05, 0.1) is 0 Å². The zero-order valence-corrected chi connectivity index (χ0v) is 9.23. The van der Waals surface area contributed by atoms with E-state index in [4.69, 9.17) is 0 Å². The molecule has 0 saturated carbocycles. The fraction of sp³-hybridized carbons (Fsp3) is 0.900. The molecule has 0 unspecified atom stereocenters. The Balaban J connectivity index is 3.85. The molecule has 12 heavy (non-hydrogen) atoms. The van der Waals surface area contributed by atoms with Gasteiger partial charge < -0.3 is 5.43 Å². The first-order valence-corrected chi connectivity index (χ1v) is 4.61. The lowest BCUT2D eigenvalue weighted by Gasteiger charge is -2.18. The Morgan fingerprint density at radius 2 is 1.83 bits per heavy atom. The van der Waals surface area contributed by atoms with E-state index in [1.165, 1.54) is 5.71 Å². The maximum Gasteiger partial charge on any atom is 0.0464 e. The van der Waals surface area contributed by atoms with E-state index < -0.39 is 0 Å². The molecule has 0 aromatic heterocycles. The smallest absolute Gasteiger partial charge is 0.0464 e. The molecule has 0 heterocycles. The van der Waals surface area contributed by atoms with Crippen molar-refractivity contribution >= 4 is 5.71 Å². The summed E-state index contributed by atoms with van der Waals surface area (Å²) in [7, 11) is 0. The molecule has 0 radical (unpaired) electrons. The van der Waals surface area contributed by atoms with Gasteiger partial charge in [0.25, 0.3) is 0 Å². The summed E-state index contributed by atoms with van der Waals surface area (Å²) in [6.45, 7) is 12.8. The van der Waals surface area contributed by atoms with Gasteiger partial charge in [-0.2, -0.15) is 5.10 Å². The zero-order valence-electron chi connectivity index (χ0n) is 9.23. The predicted octanol–water partition coefficient (Wildman–Crippen LogP) is 2.80. The molecule has 72 valence electrons. The predicted molar refractivity (Wildman–Crippen MR) is 55.5 cm³/mol. The van der Waals surface area contributed by atoms with E-state index >= 15 is 0 Å². The first kappa shape index (κ1) is 11.5. The minimum Gasteiger partial charge on any atom is -0.305 e. The standard InChI is InChI=1S/C10H22N2/c1-8(2)7-9(3)11-12-10(4,5)6/h8,12H,7H2,1-6H3/b11-9+. The lowest BCUT2D eigenvalue weighted by Crippen LogP contribution is -2.32. The van der Waals surface area contributed by atoms with Crippen LogP contribution in [0.5, 0.6) is 0 Å². The number of hydrogen-bond donors (Lipinski definition) is 1. The highest BCUT2D eigenvalue weighted by Crippen LogP contribution is 2.02. The Morgan fingerprint density at radius 1 is 1.33 bits per heavy atom. The van der Waals surface area contributed by atoms with Crippen LogP contribution in [0, 0.1) is 5.92 Å². The maximum atomic E-state index is 4.30. The van der Waals surface area contributed by atoms with Crippen molar-refractivity contribution in [2.75, 3.05) is 0 Å². The number of nitrogens with zero attached hydrogens (tertiary/aromatic N) is 1. The average molecular weight is 170 g/mol. The van der Waals surface area contributed by atoms with Gasteiger partial charge in [0.1, 0.15) is 0 Å². The second kappa shape index (κ2) is 4.48. The van der Waals surface area contributed by atoms with Crippen LogP contribution in [0.1, 0.15) is 48.0 Å². The number of hydrazone groups is 1. The quantitative estimate of drug-likeness (QED) is 0.511. The first-order chi connectivity index (χ1) is 5.31. The van der Waals surface area contributed by atoms with Gasteiger partial charge in [-0.05, 0) is 40.0 Å². The Bertz CT molecular complexity index is 152. The van der Waals surface area contributed by atoms with Crippen LogP contribution in [0.15, 0.2) is 5.10 Å². The van der Waals surface area contributed by atoms with Gasteiger partial charge in [-0.15, -0.1) is 0 Å². The third-order valence-corrected chi connectivity index (χ3v) is 1.29. The molecule has 0 amide bonds. The minimum atomic E-state index is 0.0816.